The second-order valence-electron chi connectivity index (χ2n) is 4.93. The van der Waals surface area contributed by atoms with Gasteiger partial charge in [0.05, 0.1) is 12.7 Å². The molecule has 0 aromatic rings. The average molecular weight is 236 g/mol. The van der Waals surface area contributed by atoms with Gasteiger partial charge in [0.2, 0.25) is 0 Å². The van der Waals surface area contributed by atoms with Gasteiger partial charge in [0.15, 0.2) is 0 Å². The fraction of sp³-hybridized carbons (Fsp3) is 0.600. The molecule has 1 aliphatic carbocycles. The molecule has 1 atom stereocenters. The Labute approximate surface area is 104 Å². The Morgan fingerprint density at radius 3 is 2.47 bits per heavy atom. The lowest BCUT2D eigenvalue weighted by Crippen LogP contribution is -2.06. The SMILES string of the molecule is CC1=CCCC(CO)=CC(O)CC(C)=CCC1. The highest BCUT2D eigenvalue weighted by Gasteiger charge is 2.05. The molecule has 0 fully saturated rings. The maximum Gasteiger partial charge on any atom is 0.0761 e. The molecule has 0 bridgehead atoms. The second kappa shape index (κ2) is 7.46. The van der Waals surface area contributed by atoms with Crippen molar-refractivity contribution in [1.29, 1.82) is 0 Å². The first-order chi connectivity index (χ1) is 8.11. The van der Waals surface area contributed by atoms with E-state index >= 15 is 0 Å². The van der Waals surface area contributed by atoms with Crippen molar-refractivity contribution in [2.45, 2.75) is 52.1 Å². The van der Waals surface area contributed by atoms with Crippen LogP contribution in [-0.4, -0.2) is 22.9 Å². The van der Waals surface area contributed by atoms with Crippen molar-refractivity contribution in [2.75, 3.05) is 6.61 Å². The van der Waals surface area contributed by atoms with E-state index in [-0.39, 0.29) is 6.61 Å². The fourth-order valence-electron chi connectivity index (χ4n) is 2.11. The molecule has 96 valence electrons. The lowest BCUT2D eigenvalue weighted by molar-refractivity contribution is 0.219. The zero-order chi connectivity index (χ0) is 12.7. The maximum absolute atomic E-state index is 9.87. The van der Waals surface area contributed by atoms with Gasteiger partial charge in [-0.3, -0.25) is 0 Å². The third-order valence-electron chi connectivity index (χ3n) is 3.15. The average Bonchev–Trinajstić information content (AvgIpc) is 2.26. The summed E-state index contributed by atoms with van der Waals surface area (Å²) in [5, 5.41) is 19.1. The topological polar surface area (TPSA) is 40.5 Å². The lowest BCUT2D eigenvalue weighted by atomic mass is 10.00. The van der Waals surface area contributed by atoms with E-state index in [2.05, 4.69) is 26.0 Å². The zero-order valence-corrected chi connectivity index (χ0v) is 10.9. The summed E-state index contributed by atoms with van der Waals surface area (Å²) < 4.78 is 0. The first kappa shape index (κ1) is 14.2. The van der Waals surface area contributed by atoms with Gasteiger partial charge in [-0.1, -0.05) is 29.4 Å². The predicted octanol–water partition coefficient (Wildman–Crippen LogP) is 3.12. The van der Waals surface area contributed by atoms with Crippen LogP contribution in [0.1, 0.15) is 46.0 Å². The molecule has 17 heavy (non-hydrogen) atoms. The van der Waals surface area contributed by atoms with Crippen molar-refractivity contribution in [1.82, 2.24) is 0 Å². The van der Waals surface area contributed by atoms with Crippen LogP contribution in [0.25, 0.3) is 0 Å². The summed E-state index contributed by atoms with van der Waals surface area (Å²) in [5.41, 5.74) is 3.57. The summed E-state index contributed by atoms with van der Waals surface area (Å²) in [7, 11) is 0. The van der Waals surface area contributed by atoms with Gasteiger partial charge in [0.25, 0.3) is 0 Å². The van der Waals surface area contributed by atoms with Crippen LogP contribution in [0.3, 0.4) is 0 Å². The quantitative estimate of drug-likeness (QED) is 0.687. The van der Waals surface area contributed by atoms with Crippen molar-refractivity contribution in [3.8, 4) is 0 Å². The molecule has 0 saturated carbocycles. The maximum atomic E-state index is 9.87. The van der Waals surface area contributed by atoms with E-state index < -0.39 is 6.10 Å². The summed E-state index contributed by atoms with van der Waals surface area (Å²) in [6, 6.07) is 0. The van der Waals surface area contributed by atoms with Crippen molar-refractivity contribution >= 4 is 0 Å². The molecule has 0 aromatic carbocycles. The van der Waals surface area contributed by atoms with Crippen LogP contribution in [0, 0.1) is 0 Å². The number of rotatable bonds is 1. The van der Waals surface area contributed by atoms with E-state index in [1.165, 1.54) is 11.1 Å². The smallest absolute Gasteiger partial charge is 0.0761 e. The molecule has 2 N–H and O–H groups in total. The van der Waals surface area contributed by atoms with Crippen molar-refractivity contribution in [3.05, 3.63) is 34.9 Å². The van der Waals surface area contributed by atoms with Gasteiger partial charge in [0.1, 0.15) is 0 Å². The molecule has 0 heterocycles. The molecular formula is C15H24O2. The van der Waals surface area contributed by atoms with Gasteiger partial charge in [-0.15, -0.1) is 0 Å². The van der Waals surface area contributed by atoms with E-state index in [0.29, 0.717) is 6.42 Å². The Morgan fingerprint density at radius 2 is 1.76 bits per heavy atom. The third kappa shape index (κ3) is 5.85. The Hall–Kier alpha value is -0.860. The Balaban J connectivity index is 2.78. The molecule has 2 nitrogen and oxygen atoms in total. The largest absolute Gasteiger partial charge is 0.392 e. The molecule has 0 radical (unpaired) electrons. The van der Waals surface area contributed by atoms with Crippen LogP contribution >= 0.6 is 0 Å². The van der Waals surface area contributed by atoms with Crippen molar-refractivity contribution in [3.63, 3.8) is 0 Å². The van der Waals surface area contributed by atoms with E-state index in [0.717, 1.165) is 31.3 Å². The van der Waals surface area contributed by atoms with E-state index in [1.54, 1.807) is 0 Å². The minimum absolute atomic E-state index is 0.0483. The minimum atomic E-state index is -0.460. The molecule has 1 aliphatic rings. The van der Waals surface area contributed by atoms with E-state index in [4.69, 9.17) is 0 Å². The zero-order valence-electron chi connectivity index (χ0n) is 10.9. The molecule has 1 rings (SSSR count). The van der Waals surface area contributed by atoms with E-state index in [9.17, 15) is 10.2 Å². The van der Waals surface area contributed by atoms with Gasteiger partial charge in [0, 0.05) is 0 Å². The van der Waals surface area contributed by atoms with Crippen molar-refractivity contribution < 1.29 is 10.2 Å². The van der Waals surface area contributed by atoms with Crippen LogP contribution in [0.2, 0.25) is 0 Å². The summed E-state index contributed by atoms with van der Waals surface area (Å²) in [6.45, 7) is 4.26. The first-order valence-electron chi connectivity index (χ1n) is 6.41. The second-order valence-corrected chi connectivity index (χ2v) is 4.93. The molecular weight excluding hydrogens is 212 g/mol. The van der Waals surface area contributed by atoms with Gasteiger partial charge < -0.3 is 10.2 Å². The number of aliphatic hydroxyl groups excluding tert-OH is 2. The lowest BCUT2D eigenvalue weighted by Gasteiger charge is -2.11. The highest BCUT2D eigenvalue weighted by Crippen LogP contribution is 2.16. The van der Waals surface area contributed by atoms with Gasteiger partial charge in [-0.05, 0) is 51.5 Å². The molecule has 0 amide bonds. The molecule has 0 spiro atoms. The normalized spacial score (nSPS) is 24.0. The highest BCUT2D eigenvalue weighted by atomic mass is 16.3. The van der Waals surface area contributed by atoms with Crippen LogP contribution < -0.4 is 0 Å². The van der Waals surface area contributed by atoms with Crippen LogP contribution in [0.15, 0.2) is 34.9 Å². The number of hydrogen-bond acceptors (Lipinski definition) is 2. The summed E-state index contributed by atoms with van der Waals surface area (Å²) in [5.74, 6) is 0. The Bertz CT molecular complexity index is 324. The van der Waals surface area contributed by atoms with Crippen LogP contribution in [0.5, 0.6) is 0 Å². The summed E-state index contributed by atoms with van der Waals surface area (Å²) in [4.78, 5) is 0. The standard InChI is InChI=1S/C15H24O2/c1-12-5-3-7-13(2)9-15(17)10-14(11-16)8-4-6-12/h6-7,10,15-17H,3-5,8-9,11H2,1-2H3. The number of hydrogen-bond donors (Lipinski definition) is 2. The van der Waals surface area contributed by atoms with Gasteiger partial charge >= 0.3 is 0 Å². The monoisotopic (exact) mass is 236 g/mol. The van der Waals surface area contributed by atoms with Crippen LogP contribution in [-0.2, 0) is 0 Å². The third-order valence-corrected chi connectivity index (χ3v) is 3.15. The summed E-state index contributed by atoms with van der Waals surface area (Å²) in [6.07, 6.45) is 10.4. The Morgan fingerprint density at radius 1 is 1.12 bits per heavy atom. The number of allylic oxidation sites excluding steroid dienone is 3. The van der Waals surface area contributed by atoms with Crippen molar-refractivity contribution in [2.24, 2.45) is 0 Å². The highest BCUT2D eigenvalue weighted by molar-refractivity contribution is 5.13. The van der Waals surface area contributed by atoms with E-state index in [1.807, 2.05) is 6.08 Å². The first-order valence-corrected chi connectivity index (χ1v) is 6.41. The molecule has 0 aliphatic heterocycles. The molecule has 2 heteroatoms. The summed E-state index contributed by atoms with van der Waals surface area (Å²) >= 11 is 0. The molecule has 0 aromatic heterocycles. The Kier molecular flexibility index (Phi) is 6.23. The molecule has 0 saturated heterocycles. The molecule has 1 unspecified atom stereocenters. The van der Waals surface area contributed by atoms with Gasteiger partial charge in [-0.25, -0.2) is 0 Å². The van der Waals surface area contributed by atoms with Crippen LogP contribution in [0.4, 0.5) is 0 Å². The predicted molar refractivity (Wildman–Crippen MR) is 71.8 cm³/mol. The fourth-order valence-corrected chi connectivity index (χ4v) is 2.11. The van der Waals surface area contributed by atoms with Gasteiger partial charge in [-0.2, -0.15) is 0 Å². The minimum Gasteiger partial charge on any atom is -0.392 e. The number of aliphatic hydroxyl groups is 2.